The first kappa shape index (κ1) is 15.3. The SMILES string of the molecule is CCCN(C(=O)CC)C1COc2ccc([N+](=O)[O-])cc2C1. The maximum Gasteiger partial charge on any atom is 0.269 e. The van der Waals surface area contributed by atoms with Crippen LogP contribution in [0.4, 0.5) is 5.69 Å². The molecule has 0 spiro atoms. The molecule has 1 unspecified atom stereocenters. The fourth-order valence-corrected chi connectivity index (χ4v) is 2.63. The number of carbonyl (C=O) groups is 1. The molecular formula is C15H20N2O4. The number of benzene rings is 1. The Bertz CT molecular complexity index is 544. The molecule has 1 aromatic carbocycles. The molecular weight excluding hydrogens is 272 g/mol. The number of nitro benzene ring substituents is 1. The lowest BCUT2D eigenvalue weighted by Gasteiger charge is -2.34. The van der Waals surface area contributed by atoms with Gasteiger partial charge in [-0.3, -0.25) is 14.9 Å². The van der Waals surface area contributed by atoms with Crippen molar-refractivity contribution < 1.29 is 14.5 Å². The Morgan fingerprint density at radius 3 is 2.86 bits per heavy atom. The molecule has 1 atom stereocenters. The van der Waals surface area contributed by atoms with Crippen molar-refractivity contribution in [3.63, 3.8) is 0 Å². The van der Waals surface area contributed by atoms with E-state index in [0.29, 0.717) is 31.7 Å². The first-order valence-corrected chi connectivity index (χ1v) is 7.26. The van der Waals surface area contributed by atoms with Gasteiger partial charge in [0.1, 0.15) is 12.4 Å². The Labute approximate surface area is 123 Å². The van der Waals surface area contributed by atoms with E-state index < -0.39 is 4.92 Å². The summed E-state index contributed by atoms with van der Waals surface area (Å²) in [7, 11) is 0. The van der Waals surface area contributed by atoms with Crippen LogP contribution in [-0.4, -0.2) is 34.9 Å². The number of carbonyl (C=O) groups excluding carboxylic acids is 1. The molecule has 0 aliphatic carbocycles. The van der Waals surface area contributed by atoms with Crippen molar-refractivity contribution in [2.45, 2.75) is 39.2 Å². The molecule has 1 aliphatic rings. The standard InChI is InChI=1S/C15H20N2O4/c1-3-7-16(15(18)4-2)13-9-11-8-12(17(19)20)5-6-14(11)21-10-13/h5-6,8,13H,3-4,7,9-10H2,1-2H3. The Kier molecular flexibility index (Phi) is 4.77. The number of nitro groups is 1. The van der Waals surface area contributed by atoms with Gasteiger partial charge >= 0.3 is 0 Å². The first-order chi connectivity index (χ1) is 10.1. The van der Waals surface area contributed by atoms with Gasteiger partial charge in [0.05, 0.1) is 11.0 Å². The summed E-state index contributed by atoms with van der Waals surface area (Å²) in [6.45, 7) is 4.99. The number of amides is 1. The van der Waals surface area contributed by atoms with E-state index in [2.05, 4.69) is 0 Å². The third-order valence-corrected chi connectivity index (χ3v) is 3.67. The minimum absolute atomic E-state index is 0.0492. The summed E-state index contributed by atoms with van der Waals surface area (Å²) in [5.41, 5.74) is 0.854. The smallest absolute Gasteiger partial charge is 0.269 e. The summed E-state index contributed by atoms with van der Waals surface area (Å²) < 4.78 is 5.68. The fraction of sp³-hybridized carbons (Fsp3) is 0.533. The Hall–Kier alpha value is -2.11. The minimum Gasteiger partial charge on any atom is -0.491 e. The van der Waals surface area contributed by atoms with Crippen LogP contribution in [0.3, 0.4) is 0 Å². The molecule has 1 aliphatic heterocycles. The van der Waals surface area contributed by atoms with Crippen LogP contribution in [0.5, 0.6) is 5.75 Å². The van der Waals surface area contributed by atoms with Crippen molar-refractivity contribution in [1.29, 1.82) is 0 Å². The zero-order valence-electron chi connectivity index (χ0n) is 12.4. The van der Waals surface area contributed by atoms with Crippen molar-refractivity contribution in [3.8, 4) is 5.75 Å². The Morgan fingerprint density at radius 1 is 1.48 bits per heavy atom. The average Bonchev–Trinajstić information content (AvgIpc) is 2.50. The van der Waals surface area contributed by atoms with Gasteiger partial charge in [-0.15, -0.1) is 0 Å². The lowest BCUT2D eigenvalue weighted by molar-refractivity contribution is -0.385. The summed E-state index contributed by atoms with van der Waals surface area (Å²) in [6, 6.07) is 4.57. The van der Waals surface area contributed by atoms with Gasteiger partial charge in [-0.05, 0) is 12.5 Å². The van der Waals surface area contributed by atoms with Gasteiger partial charge in [-0.2, -0.15) is 0 Å². The van der Waals surface area contributed by atoms with Crippen LogP contribution in [-0.2, 0) is 11.2 Å². The highest BCUT2D eigenvalue weighted by atomic mass is 16.6. The number of hydrogen-bond donors (Lipinski definition) is 0. The average molecular weight is 292 g/mol. The van der Waals surface area contributed by atoms with Gasteiger partial charge < -0.3 is 9.64 Å². The molecule has 6 nitrogen and oxygen atoms in total. The van der Waals surface area contributed by atoms with Crippen LogP contribution >= 0.6 is 0 Å². The van der Waals surface area contributed by atoms with Crippen LogP contribution in [0, 0.1) is 10.1 Å². The number of fused-ring (bicyclic) bond motifs is 1. The quantitative estimate of drug-likeness (QED) is 0.617. The van der Waals surface area contributed by atoms with Gasteiger partial charge in [0.15, 0.2) is 0 Å². The van der Waals surface area contributed by atoms with Gasteiger partial charge in [0, 0.05) is 37.1 Å². The van der Waals surface area contributed by atoms with E-state index in [4.69, 9.17) is 4.74 Å². The van der Waals surface area contributed by atoms with E-state index in [-0.39, 0.29) is 17.6 Å². The largest absolute Gasteiger partial charge is 0.491 e. The molecule has 114 valence electrons. The second-order valence-electron chi connectivity index (χ2n) is 5.16. The molecule has 21 heavy (non-hydrogen) atoms. The van der Waals surface area contributed by atoms with Crippen molar-refractivity contribution in [3.05, 3.63) is 33.9 Å². The second-order valence-corrected chi connectivity index (χ2v) is 5.16. The number of non-ortho nitro benzene ring substituents is 1. The molecule has 0 aromatic heterocycles. The number of ether oxygens (including phenoxy) is 1. The molecule has 1 amide bonds. The summed E-state index contributed by atoms with van der Waals surface area (Å²) in [6.07, 6.45) is 1.94. The summed E-state index contributed by atoms with van der Waals surface area (Å²) in [4.78, 5) is 24.3. The van der Waals surface area contributed by atoms with Gasteiger partial charge in [0.2, 0.25) is 5.91 Å². The number of nitrogens with zero attached hydrogens (tertiary/aromatic N) is 2. The first-order valence-electron chi connectivity index (χ1n) is 7.26. The third-order valence-electron chi connectivity index (χ3n) is 3.67. The van der Waals surface area contributed by atoms with Crippen LogP contribution in [0.1, 0.15) is 32.3 Å². The van der Waals surface area contributed by atoms with E-state index in [1.807, 2.05) is 18.7 Å². The van der Waals surface area contributed by atoms with Gasteiger partial charge in [-0.1, -0.05) is 13.8 Å². The molecule has 0 N–H and O–H groups in total. The predicted molar refractivity (Wildman–Crippen MR) is 78.4 cm³/mol. The Balaban J connectivity index is 2.21. The normalized spacial score (nSPS) is 16.8. The molecule has 0 radical (unpaired) electrons. The van der Waals surface area contributed by atoms with E-state index in [9.17, 15) is 14.9 Å². The van der Waals surface area contributed by atoms with Crippen LogP contribution in [0.2, 0.25) is 0 Å². The monoisotopic (exact) mass is 292 g/mol. The van der Waals surface area contributed by atoms with Crippen LogP contribution in [0.15, 0.2) is 18.2 Å². The highest BCUT2D eigenvalue weighted by Gasteiger charge is 2.28. The molecule has 1 aromatic rings. The van der Waals surface area contributed by atoms with Crippen molar-refractivity contribution in [2.75, 3.05) is 13.2 Å². The van der Waals surface area contributed by atoms with Crippen molar-refractivity contribution in [2.24, 2.45) is 0 Å². The summed E-state index contributed by atoms with van der Waals surface area (Å²) in [5, 5.41) is 10.9. The van der Waals surface area contributed by atoms with Gasteiger partial charge in [0.25, 0.3) is 5.69 Å². The Morgan fingerprint density at radius 2 is 2.24 bits per heavy atom. The lowest BCUT2D eigenvalue weighted by atomic mass is 10.00. The molecule has 1 heterocycles. The van der Waals surface area contributed by atoms with Gasteiger partial charge in [-0.25, -0.2) is 0 Å². The van der Waals surface area contributed by atoms with Crippen molar-refractivity contribution >= 4 is 11.6 Å². The summed E-state index contributed by atoms with van der Waals surface area (Å²) in [5.74, 6) is 0.775. The number of hydrogen-bond acceptors (Lipinski definition) is 4. The zero-order chi connectivity index (χ0) is 15.4. The van der Waals surface area contributed by atoms with E-state index in [0.717, 1.165) is 12.0 Å². The highest BCUT2D eigenvalue weighted by Crippen LogP contribution is 2.30. The van der Waals surface area contributed by atoms with Crippen molar-refractivity contribution in [1.82, 2.24) is 4.90 Å². The number of rotatable bonds is 5. The maximum atomic E-state index is 12.1. The second kappa shape index (κ2) is 6.56. The molecule has 0 bridgehead atoms. The topological polar surface area (TPSA) is 72.7 Å². The molecule has 0 saturated carbocycles. The van der Waals surface area contributed by atoms with Crippen LogP contribution < -0.4 is 4.74 Å². The molecule has 2 rings (SSSR count). The van der Waals surface area contributed by atoms with E-state index in [1.54, 1.807) is 12.1 Å². The molecule has 0 fully saturated rings. The van der Waals surface area contributed by atoms with Crippen LogP contribution in [0.25, 0.3) is 0 Å². The minimum atomic E-state index is -0.412. The van der Waals surface area contributed by atoms with E-state index >= 15 is 0 Å². The zero-order valence-corrected chi connectivity index (χ0v) is 12.4. The predicted octanol–water partition coefficient (Wildman–Crippen LogP) is 2.55. The lowest BCUT2D eigenvalue weighted by Crippen LogP contribution is -2.46. The molecule has 0 saturated heterocycles. The summed E-state index contributed by atoms with van der Waals surface area (Å²) >= 11 is 0. The maximum absolute atomic E-state index is 12.1. The molecule has 6 heteroatoms. The fourth-order valence-electron chi connectivity index (χ4n) is 2.63. The highest BCUT2D eigenvalue weighted by molar-refractivity contribution is 5.76. The third kappa shape index (κ3) is 3.32. The van der Waals surface area contributed by atoms with E-state index in [1.165, 1.54) is 6.07 Å².